The van der Waals surface area contributed by atoms with E-state index in [9.17, 15) is 4.79 Å². The van der Waals surface area contributed by atoms with Crippen molar-refractivity contribution in [2.75, 3.05) is 4.90 Å². The number of aliphatic imine (C=N–C) groups is 1. The van der Waals surface area contributed by atoms with E-state index in [2.05, 4.69) is 76.6 Å². The second-order valence-electron chi connectivity index (χ2n) is 9.38. The summed E-state index contributed by atoms with van der Waals surface area (Å²) in [5.41, 5.74) is 5.87. The first-order chi connectivity index (χ1) is 19.9. The molecule has 208 valence electrons. The number of halogens is 3. The van der Waals surface area contributed by atoms with Crippen LogP contribution >= 0.6 is 61.9 Å². The van der Waals surface area contributed by atoms with Crippen LogP contribution in [0.3, 0.4) is 0 Å². The Kier molecular flexibility index (Phi) is 9.91. The lowest BCUT2D eigenvalue weighted by molar-refractivity contribution is -0.113. The summed E-state index contributed by atoms with van der Waals surface area (Å²) in [4.78, 5) is 21.0. The van der Waals surface area contributed by atoms with E-state index < -0.39 is 0 Å². The number of hydrogen-bond donors (Lipinski definition) is 0. The molecule has 41 heavy (non-hydrogen) atoms. The van der Waals surface area contributed by atoms with E-state index in [1.54, 1.807) is 4.90 Å². The minimum Gasteiger partial charge on any atom is -0.487 e. The molecule has 1 fully saturated rings. The van der Waals surface area contributed by atoms with Crippen LogP contribution in [0.5, 0.6) is 5.75 Å². The Bertz CT molecular complexity index is 1620. The van der Waals surface area contributed by atoms with Crippen LogP contribution in [0.2, 0.25) is 5.02 Å². The minimum absolute atomic E-state index is 0.103. The maximum atomic E-state index is 13.8. The molecular weight excluding hydrogens is 731 g/mol. The number of amides is 1. The second kappa shape index (κ2) is 13.6. The number of thioether (sulfide) groups is 1. The first-order valence-electron chi connectivity index (χ1n) is 13.2. The van der Waals surface area contributed by atoms with Crippen LogP contribution in [0.25, 0.3) is 6.08 Å². The molecule has 0 atom stereocenters. The summed E-state index contributed by atoms with van der Waals surface area (Å²) in [5.74, 6) is 0.627. The third-order valence-corrected chi connectivity index (χ3v) is 9.35. The van der Waals surface area contributed by atoms with E-state index in [4.69, 9.17) is 21.3 Å². The van der Waals surface area contributed by atoms with E-state index in [-0.39, 0.29) is 5.91 Å². The molecule has 4 nitrogen and oxygen atoms in total. The molecule has 0 radical (unpaired) electrons. The first-order valence-corrected chi connectivity index (χ1v) is 16.3. The number of benzene rings is 4. The molecule has 0 aliphatic carbocycles. The highest BCUT2D eigenvalue weighted by Gasteiger charge is 2.35. The standard InChI is InChI=1S/C33H27BrClIN2O2S/c1-3-21-9-13-25(14-10-21)37-33-38(26-15-11-22(4-2)12-16-26)32(39)30(41-33)19-23-17-27(34)31(29(36)18-23)40-20-24-7-5-6-8-28(24)35/h5-19H,3-4,20H2,1-2H3/b30-19-,37-33?. The lowest BCUT2D eigenvalue weighted by atomic mass is 10.1. The van der Waals surface area contributed by atoms with Gasteiger partial charge in [-0.2, -0.15) is 0 Å². The van der Waals surface area contributed by atoms with Crippen molar-refractivity contribution in [3.8, 4) is 5.75 Å². The van der Waals surface area contributed by atoms with Crippen LogP contribution < -0.4 is 9.64 Å². The van der Waals surface area contributed by atoms with Crippen LogP contribution in [-0.2, 0) is 24.2 Å². The average molecular weight is 758 g/mol. The molecule has 4 aromatic rings. The molecule has 0 saturated carbocycles. The molecule has 1 aliphatic heterocycles. The molecule has 1 aliphatic rings. The van der Waals surface area contributed by atoms with Gasteiger partial charge in [-0.3, -0.25) is 9.69 Å². The monoisotopic (exact) mass is 756 g/mol. The van der Waals surface area contributed by atoms with Gasteiger partial charge in [0.1, 0.15) is 12.4 Å². The van der Waals surface area contributed by atoms with Crippen LogP contribution in [0.15, 0.2) is 99.3 Å². The Labute approximate surface area is 272 Å². The molecule has 0 aromatic heterocycles. The van der Waals surface area contributed by atoms with Gasteiger partial charge in [0, 0.05) is 10.6 Å². The van der Waals surface area contributed by atoms with Gasteiger partial charge >= 0.3 is 0 Å². The van der Waals surface area contributed by atoms with Gasteiger partial charge in [-0.1, -0.05) is 67.9 Å². The number of rotatable bonds is 8. The van der Waals surface area contributed by atoms with Gasteiger partial charge < -0.3 is 4.74 Å². The van der Waals surface area contributed by atoms with E-state index in [1.165, 1.54) is 22.9 Å². The molecule has 4 aromatic carbocycles. The molecule has 1 heterocycles. The Morgan fingerprint density at radius 1 is 0.976 bits per heavy atom. The van der Waals surface area contributed by atoms with Crippen molar-refractivity contribution in [1.29, 1.82) is 0 Å². The van der Waals surface area contributed by atoms with E-state index in [0.717, 1.165) is 49.1 Å². The Balaban J connectivity index is 1.45. The van der Waals surface area contributed by atoms with Gasteiger partial charge in [-0.05, 0) is 128 Å². The van der Waals surface area contributed by atoms with Crippen LogP contribution in [0.1, 0.15) is 36.1 Å². The van der Waals surface area contributed by atoms with E-state index in [0.29, 0.717) is 21.7 Å². The SMILES string of the molecule is CCc1ccc(N=C2S/C(=C\c3cc(Br)c(OCc4ccccc4Cl)c(I)c3)C(=O)N2c2ccc(CC)cc2)cc1. The number of amidine groups is 1. The van der Waals surface area contributed by atoms with Crippen molar-refractivity contribution in [2.24, 2.45) is 4.99 Å². The fourth-order valence-corrected chi connectivity index (χ4v) is 7.25. The van der Waals surface area contributed by atoms with E-state index >= 15 is 0 Å². The highest BCUT2D eigenvalue weighted by molar-refractivity contribution is 14.1. The largest absolute Gasteiger partial charge is 0.487 e. The van der Waals surface area contributed by atoms with E-state index in [1.807, 2.05) is 66.7 Å². The van der Waals surface area contributed by atoms with Crippen molar-refractivity contribution in [2.45, 2.75) is 33.3 Å². The van der Waals surface area contributed by atoms with Crippen LogP contribution in [0, 0.1) is 3.57 Å². The third kappa shape index (κ3) is 7.08. The van der Waals surface area contributed by atoms with Crippen molar-refractivity contribution in [3.63, 3.8) is 0 Å². The van der Waals surface area contributed by atoms with Crippen molar-refractivity contribution in [3.05, 3.63) is 125 Å². The second-order valence-corrected chi connectivity index (χ2v) is 12.8. The Morgan fingerprint density at radius 2 is 1.63 bits per heavy atom. The summed E-state index contributed by atoms with van der Waals surface area (Å²) < 4.78 is 7.84. The number of ether oxygens (including phenoxy) is 1. The third-order valence-electron chi connectivity index (χ3n) is 6.63. The smallest absolute Gasteiger partial charge is 0.271 e. The van der Waals surface area contributed by atoms with Crippen molar-refractivity contribution < 1.29 is 9.53 Å². The zero-order valence-corrected chi connectivity index (χ0v) is 27.9. The topological polar surface area (TPSA) is 41.9 Å². The van der Waals surface area contributed by atoms with Crippen molar-refractivity contribution in [1.82, 2.24) is 0 Å². The molecular formula is C33H27BrClIN2O2S. The van der Waals surface area contributed by atoms with Gasteiger partial charge in [0.25, 0.3) is 5.91 Å². The van der Waals surface area contributed by atoms with Crippen LogP contribution in [-0.4, -0.2) is 11.1 Å². The highest BCUT2D eigenvalue weighted by Crippen LogP contribution is 2.39. The molecule has 0 N–H and O–H groups in total. The summed E-state index contributed by atoms with van der Waals surface area (Å²) >= 11 is 13.6. The molecule has 5 rings (SSSR count). The highest BCUT2D eigenvalue weighted by atomic mass is 127. The first kappa shape index (κ1) is 29.9. The van der Waals surface area contributed by atoms with Gasteiger partial charge in [-0.15, -0.1) is 0 Å². The fourth-order valence-electron chi connectivity index (χ4n) is 4.29. The predicted octanol–water partition coefficient (Wildman–Crippen LogP) is 10.2. The molecule has 0 unspecified atom stereocenters. The summed E-state index contributed by atoms with van der Waals surface area (Å²) in [6.45, 7) is 4.60. The number of carbonyl (C=O) groups excluding carboxylic acids is 1. The lowest BCUT2D eigenvalue weighted by Gasteiger charge is -2.16. The lowest BCUT2D eigenvalue weighted by Crippen LogP contribution is -2.28. The normalized spacial score (nSPS) is 15.2. The number of nitrogens with zero attached hydrogens (tertiary/aromatic N) is 2. The Morgan fingerprint density at radius 3 is 2.27 bits per heavy atom. The predicted molar refractivity (Wildman–Crippen MR) is 184 cm³/mol. The number of hydrogen-bond acceptors (Lipinski definition) is 4. The number of anilines is 1. The van der Waals surface area contributed by atoms with Gasteiger partial charge in [-0.25, -0.2) is 4.99 Å². The van der Waals surface area contributed by atoms with Gasteiger partial charge in [0.2, 0.25) is 0 Å². The molecule has 1 amide bonds. The number of aryl methyl sites for hydroxylation is 2. The summed E-state index contributed by atoms with van der Waals surface area (Å²) in [5, 5.41) is 1.30. The molecule has 1 saturated heterocycles. The quantitative estimate of drug-likeness (QED) is 0.133. The molecule has 0 spiro atoms. The molecule has 0 bridgehead atoms. The van der Waals surface area contributed by atoms with Gasteiger partial charge in [0.15, 0.2) is 5.17 Å². The summed E-state index contributed by atoms with van der Waals surface area (Å²) in [6.07, 6.45) is 3.81. The summed E-state index contributed by atoms with van der Waals surface area (Å²) in [6, 6.07) is 27.8. The van der Waals surface area contributed by atoms with Gasteiger partial charge in [0.05, 0.1) is 24.3 Å². The zero-order chi connectivity index (χ0) is 28.9. The summed E-state index contributed by atoms with van der Waals surface area (Å²) in [7, 11) is 0. The maximum absolute atomic E-state index is 13.8. The maximum Gasteiger partial charge on any atom is 0.271 e. The number of carbonyl (C=O) groups is 1. The molecule has 8 heteroatoms. The zero-order valence-electron chi connectivity index (χ0n) is 22.5. The van der Waals surface area contributed by atoms with Crippen molar-refractivity contribution >= 4 is 90.4 Å². The minimum atomic E-state index is -0.103. The fraction of sp³-hybridized carbons (Fsp3) is 0.152. The average Bonchev–Trinajstić information content (AvgIpc) is 3.27. The Hall–Kier alpha value is -2.59. The van der Waals surface area contributed by atoms with Crippen LogP contribution in [0.4, 0.5) is 11.4 Å².